The van der Waals surface area contributed by atoms with Gasteiger partial charge in [-0.25, -0.2) is 0 Å². The zero-order valence-corrected chi connectivity index (χ0v) is 22.4. The second-order valence-electron chi connectivity index (χ2n) is 8.32. The average molecular weight is 566 g/mol. The molecule has 3 rings (SSSR count). The summed E-state index contributed by atoms with van der Waals surface area (Å²) in [6.07, 6.45) is 2.75. The number of rotatable bonds is 9. The summed E-state index contributed by atoms with van der Waals surface area (Å²) in [4.78, 5) is 10.9. The fourth-order valence-electron chi connectivity index (χ4n) is 4.31. The van der Waals surface area contributed by atoms with Gasteiger partial charge in [0.2, 0.25) is 0 Å². The second kappa shape index (κ2) is 14.6. The van der Waals surface area contributed by atoms with Crippen LogP contribution in [0.3, 0.4) is 0 Å². The molecule has 0 aromatic carbocycles. The van der Waals surface area contributed by atoms with Crippen molar-refractivity contribution in [2.75, 3.05) is 73.2 Å². The molecule has 0 saturated carbocycles. The molecule has 2 aliphatic rings. The lowest BCUT2D eigenvalue weighted by Crippen LogP contribution is -2.48. The molecule has 31 heavy (non-hydrogen) atoms. The highest BCUT2D eigenvalue weighted by Crippen LogP contribution is 2.26. The van der Waals surface area contributed by atoms with Gasteiger partial charge in [0.15, 0.2) is 5.96 Å². The molecule has 0 spiro atoms. The van der Waals surface area contributed by atoms with E-state index in [1.165, 1.54) is 17.7 Å². The summed E-state index contributed by atoms with van der Waals surface area (Å²) in [5, 5.41) is 9.31. The van der Waals surface area contributed by atoms with Gasteiger partial charge >= 0.3 is 0 Å². The van der Waals surface area contributed by atoms with E-state index in [4.69, 9.17) is 9.47 Å². The number of ether oxygens (including phenoxy) is 2. The number of piperidine rings is 1. The standard InChI is InChI=1S/C22H39N5O2S.HI/c1-18-17-27(11-13-29-18)20(21-5-4-14-30-21)16-25-22(23-2)24-15-19-6-8-26(9-7-19)10-12-28-3;/h4-5,14,18-20H,6-13,15-17H2,1-3H3,(H2,23,24,25);1H. The van der Waals surface area contributed by atoms with Gasteiger partial charge in [0, 0.05) is 51.8 Å². The number of nitrogens with zero attached hydrogens (tertiary/aromatic N) is 3. The van der Waals surface area contributed by atoms with E-state index in [2.05, 4.69) is 49.9 Å². The maximum atomic E-state index is 5.75. The van der Waals surface area contributed by atoms with Crippen molar-refractivity contribution in [3.05, 3.63) is 22.4 Å². The Balaban J connectivity index is 0.00000341. The molecule has 3 heterocycles. The Labute approximate surface area is 209 Å². The van der Waals surface area contributed by atoms with Crippen LogP contribution in [0.1, 0.15) is 30.7 Å². The van der Waals surface area contributed by atoms with E-state index in [0.29, 0.717) is 12.0 Å². The number of likely N-dealkylation sites (tertiary alicyclic amines) is 1. The highest BCUT2D eigenvalue weighted by Gasteiger charge is 2.26. The fourth-order valence-corrected chi connectivity index (χ4v) is 5.17. The summed E-state index contributed by atoms with van der Waals surface area (Å²) in [5.74, 6) is 1.61. The smallest absolute Gasteiger partial charge is 0.191 e. The normalized spacial score (nSPS) is 22.7. The van der Waals surface area contributed by atoms with Crippen LogP contribution in [0.4, 0.5) is 0 Å². The molecule has 0 amide bonds. The third kappa shape index (κ3) is 8.77. The molecule has 0 radical (unpaired) electrons. The first-order chi connectivity index (χ1) is 14.7. The van der Waals surface area contributed by atoms with E-state index in [9.17, 15) is 0 Å². The summed E-state index contributed by atoms with van der Waals surface area (Å²) in [6.45, 7) is 10.9. The van der Waals surface area contributed by atoms with E-state index in [1.807, 2.05) is 18.4 Å². The zero-order valence-electron chi connectivity index (χ0n) is 19.2. The Morgan fingerprint density at radius 1 is 1.32 bits per heavy atom. The minimum atomic E-state index is 0. The van der Waals surface area contributed by atoms with E-state index >= 15 is 0 Å². The van der Waals surface area contributed by atoms with Crippen molar-refractivity contribution >= 4 is 41.3 Å². The topological polar surface area (TPSA) is 61.4 Å². The van der Waals surface area contributed by atoms with Crippen molar-refractivity contribution in [3.8, 4) is 0 Å². The zero-order chi connectivity index (χ0) is 21.2. The van der Waals surface area contributed by atoms with Gasteiger partial charge in [-0.2, -0.15) is 0 Å². The van der Waals surface area contributed by atoms with Crippen LogP contribution in [0.5, 0.6) is 0 Å². The van der Waals surface area contributed by atoms with Gasteiger partial charge in [0.05, 0.1) is 25.4 Å². The molecule has 0 aliphatic carbocycles. The number of nitrogens with one attached hydrogen (secondary N) is 2. The molecule has 2 saturated heterocycles. The van der Waals surface area contributed by atoms with Crippen LogP contribution < -0.4 is 10.6 Å². The van der Waals surface area contributed by atoms with E-state index in [-0.39, 0.29) is 30.1 Å². The Hall–Kier alpha value is -0.460. The summed E-state index contributed by atoms with van der Waals surface area (Å²) in [6, 6.07) is 4.73. The van der Waals surface area contributed by atoms with Gasteiger partial charge < -0.3 is 25.0 Å². The Kier molecular flexibility index (Phi) is 12.7. The molecular formula is C22H40IN5O2S. The Bertz CT molecular complexity index is 625. The van der Waals surface area contributed by atoms with Gasteiger partial charge in [0.25, 0.3) is 0 Å². The molecule has 9 heteroatoms. The highest BCUT2D eigenvalue weighted by atomic mass is 127. The quantitative estimate of drug-likeness (QED) is 0.273. The molecule has 2 unspecified atom stereocenters. The van der Waals surface area contributed by atoms with Crippen molar-refractivity contribution in [1.29, 1.82) is 0 Å². The van der Waals surface area contributed by atoms with E-state index in [1.54, 1.807) is 7.11 Å². The molecule has 2 N–H and O–H groups in total. The lowest BCUT2D eigenvalue weighted by molar-refractivity contribution is -0.0334. The maximum Gasteiger partial charge on any atom is 0.191 e. The number of hydrogen-bond donors (Lipinski definition) is 2. The molecule has 2 atom stereocenters. The molecule has 1 aromatic heterocycles. The Morgan fingerprint density at radius 3 is 2.77 bits per heavy atom. The van der Waals surface area contributed by atoms with Crippen molar-refractivity contribution in [3.63, 3.8) is 0 Å². The molecule has 1 aromatic rings. The predicted octanol–water partition coefficient (Wildman–Crippen LogP) is 2.65. The van der Waals surface area contributed by atoms with Crippen LogP contribution >= 0.6 is 35.3 Å². The lowest BCUT2D eigenvalue weighted by Gasteiger charge is -2.37. The molecule has 7 nitrogen and oxygen atoms in total. The third-order valence-electron chi connectivity index (χ3n) is 6.15. The maximum absolute atomic E-state index is 5.75. The average Bonchev–Trinajstić information content (AvgIpc) is 3.30. The summed E-state index contributed by atoms with van der Waals surface area (Å²) < 4.78 is 11.0. The van der Waals surface area contributed by atoms with Crippen LogP contribution in [-0.4, -0.2) is 95.0 Å². The predicted molar refractivity (Wildman–Crippen MR) is 140 cm³/mol. The van der Waals surface area contributed by atoms with E-state index < -0.39 is 0 Å². The number of aliphatic imine (C=N–C) groups is 1. The third-order valence-corrected chi connectivity index (χ3v) is 7.12. The number of hydrogen-bond acceptors (Lipinski definition) is 6. The van der Waals surface area contributed by atoms with Gasteiger partial charge in [-0.1, -0.05) is 6.07 Å². The first-order valence-electron chi connectivity index (χ1n) is 11.2. The number of halogens is 1. The van der Waals surface area contributed by atoms with Crippen LogP contribution in [0.2, 0.25) is 0 Å². The van der Waals surface area contributed by atoms with Crippen LogP contribution in [0.25, 0.3) is 0 Å². The molecular weight excluding hydrogens is 525 g/mol. The SMILES string of the molecule is CN=C(NCC1CCN(CCOC)CC1)NCC(c1cccs1)N1CCOC(C)C1.I. The molecule has 2 aliphatic heterocycles. The highest BCUT2D eigenvalue weighted by molar-refractivity contribution is 14.0. The first-order valence-corrected chi connectivity index (χ1v) is 12.1. The summed E-state index contributed by atoms with van der Waals surface area (Å²) in [5.41, 5.74) is 0. The van der Waals surface area contributed by atoms with Gasteiger partial charge in [-0.15, -0.1) is 35.3 Å². The number of thiophene rings is 1. The van der Waals surface area contributed by atoms with Crippen LogP contribution in [0, 0.1) is 5.92 Å². The monoisotopic (exact) mass is 565 g/mol. The van der Waals surface area contributed by atoms with Crippen LogP contribution in [0.15, 0.2) is 22.5 Å². The van der Waals surface area contributed by atoms with Crippen molar-refractivity contribution < 1.29 is 9.47 Å². The minimum absolute atomic E-state index is 0. The molecule has 0 bridgehead atoms. The molecule has 2 fully saturated rings. The summed E-state index contributed by atoms with van der Waals surface area (Å²) >= 11 is 1.83. The van der Waals surface area contributed by atoms with Crippen molar-refractivity contribution in [2.24, 2.45) is 10.9 Å². The number of morpholine rings is 1. The van der Waals surface area contributed by atoms with Gasteiger partial charge in [-0.05, 0) is 50.2 Å². The van der Waals surface area contributed by atoms with Crippen LogP contribution in [-0.2, 0) is 9.47 Å². The summed E-state index contributed by atoms with van der Waals surface area (Å²) in [7, 11) is 3.64. The van der Waals surface area contributed by atoms with Crippen molar-refractivity contribution in [2.45, 2.75) is 31.9 Å². The van der Waals surface area contributed by atoms with E-state index in [0.717, 1.165) is 65.0 Å². The largest absolute Gasteiger partial charge is 0.383 e. The number of methoxy groups -OCH3 is 1. The molecule has 178 valence electrons. The Morgan fingerprint density at radius 2 is 2.13 bits per heavy atom. The van der Waals surface area contributed by atoms with Gasteiger partial charge in [-0.3, -0.25) is 9.89 Å². The number of guanidine groups is 1. The lowest BCUT2D eigenvalue weighted by atomic mass is 9.97. The van der Waals surface area contributed by atoms with Gasteiger partial charge in [0.1, 0.15) is 0 Å². The fraction of sp³-hybridized carbons (Fsp3) is 0.773. The minimum Gasteiger partial charge on any atom is -0.383 e. The second-order valence-corrected chi connectivity index (χ2v) is 9.30. The van der Waals surface area contributed by atoms with Crippen molar-refractivity contribution in [1.82, 2.24) is 20.4 Å². The first kappa shape index (κ1) is 26.8.